The summed E-state index contributed by atoms with van der Waals surface area (Å²) in [4.78, 5) is 51.5. The molecule has 0 radical (unpaired) electrons. The second-order valence-electron chi connectivity index (χ2n) is 7.07. The molecule has 0 atom stereocenters. The molecule has 2 aromatic heterocycles. The quantitative estimate of drug-likeness (QED) is 0.666. The van der Waals surface area contributed by atoms with Crippen molar-refractivity contribution in [1.29, 1.82) is 0 Å². The van der Waals surface area contributed by atoms with Crippen LogP contribution in [0.1, 0.15) is 16.9 Å². The van der Waals surface area contributed by atoms with Gasteiger partial charge in [0.1, 0.15) is 5.52 Å². The lowest BCUT2D eigenvalue weighted by Gasteiger charge is -2.35. The van der Waals surface area contributed by atoms with Crippen LogP contribution in [0.3, 0.4) is 0 Å². The van der Waals surface area contributed by atoms with Crippen molar-refractivity contribution in [3.05, 3.63) is 34.4 Å². The number of pyridine rings is 1. The van der Waals surface area contributed by atoms with Gasteiger partial charge in [-0.1, -0.05) is 0 Å². The molecule has 1 aliphatic rings. The van der Waals surface area contributed by atoms with E-state index in [2.05, 4.69) is 9.97 Å². The number of aryl methyl sites for hydroxylation is 1. The number of methoxy groups -OCH3 is 1. The van der Waals surface area contributed by atoms with Crippen molar-refractivity contribution in [1.82, 2.24) is 29.2 Å². The summed E-state index contributed by atoms with van der Waals surface area (Å²) in [7, 11) is 4.99. The predicted octanol–water partition coefficient (Wildman–Crippen LogP) is 0.267. The van der Waals surface area contributed by atoms with Crippen molar-refractivity contribution in [2.75, 3.05) is 54.0 Å². The highest BCUT2D eigenvalue weighted by Gasteiger charge is 2.28. The fourth-order valence-electron chi connectivity index (χ4n) is 3.32. The fraction of sp³-hybridized carbons (Fsp3) is 0.526. The molecule has 10 heteroatoms. The summed E-state index contributed by atoms with van der Waals surface area (Å²) in [5, 5.41) is 0. The van der Waals surface area contributed by atoms with Crippen LogP contribution in [0.5, 0.6) is 0 Å². The van der Waals surface area contributed by atoms with Crippen molar-refractivity contribution >= 4 is 23.1 Å². The number of urea groups is 1. The van der Waals surface area contributed by atoms with Crippen molar-refractivity contribution in [3.8, 4) is 0 Å². The summed E-state index contributed by atoms with van der Waals surface area (Å²) in [6.07, 6.45) is 2.21. The molecule has 3 rings (SSSR count). The molecule has 3 heterocycles. The Kier molecular flexibility index (Phi) is 6.42. The third-order valence-electron chi connectivity index (χ3n) is 4.85. The smallest absolute Gasteiger partial charge is 0.319 e. The molecule has 2 aromatic rings. The van der Waals surface area contributed by atoms with E-state index in [9.17, 15) is 14.4 Å². The first kappa shape index (κ1) is 20.7. The summed E-state index contributed by atoms with van der Waals surface area (Å²) in [5.74, 6) is -0.418. The summed E-state index contributed by atoms with van der Waals surface area (Å²) in [6.45, 7) is 2.42. The van der Waals surface area contributed by atoms with Gasteiger partial charge < -0.3 is 19.4 Å². The van der Waals surface area contributed by atoms with E-state index in [4.69, 9.17) is 4.74 Å². The van der Waals surface area contributed by atoms with Crippen LogP contribution in [0.15, 0.2) is 23.1 Å². The van der Waals surface area contributed by atoms with Crippen LogP contribution in [0.25, 0.3) is 11.2 Å². The Hall–Kier alpha value is -3.01. The van der Waals surface area contributed by atoms with Crippen LogP contribution in [0, 0.1) is 0 Å². The molecule has 3 amide bonds. The molecule has 10 nitrogen and oxygen atoms in total. The van der Waals surface area contributed by atoms with E-state index in [1.165, 1.54) is 9.47 Å². The average Bonchev–Trinajstić information content (AvgIpc) is 2.74. The van der Waals surface area contributed by atoms with Crippen molar-refractivity contribution in [3.63, 3.8) is 0 Å². The van der Waals surface area contributed by atoms with E-state index in [1.54, 1.807) is 49.3 Å². The van der Waals surface area contributed by atoms with Crippen LogP contribution in [0.4, 0.5) is 4.79 Å². The van der Waals surface area contributed by atoms with Gasteiger partial charge in [0, 0.05) is 66.7 Å². The second kappa shape index (κ2) is 8.99. The van der Waals surface area contributed by atoms with E-state index in [0.717, 1.165) is 0 Å². The number of hydrogen-bond acceptors (Lipinski definition) is 6. The number of ether oxygens (including phenoxy) is 1. The molecule has 0 unspecified atom stereocenters. The highest BCUT2D eigenvalue weighted by atomic mass is 16.5. The number of nitrogens with zero attached hydrogens (tertiary/aromatic N) is 6. The van der Waals surface area contributed by atoms with Gasteiger partial charge in [0.15, 0.2) is 11.3 Å². The maximum absolute atomic E-state index is 13.0. The van der Waals surface area contributed by atoms with Gasteiger partial charge in [-0.15, -0.1) is 0 Å². The third-order valence-corrected chi connectivity index (χ3v) is 4.85. The summed E-state index contributed by atoms with van der Waals surface area (Å²) in [6, 6.07) is 3.37. The highest BCUT2D eigenvalue weighted by Crippen LogP contribution is 2.11. The van der Waals surface area contributed by atoms with Crippen molar-refractivity contribution < 1.29 is 14.3 Å². The van der Waals surface area contributed by atoms with Gasteiger partial charge in [0.25, 0.3) is 11.5 Å². The molecular formula is C19H26N6O4. The van der Waals surface area contributed by atoms with Gasteiger partial charge in [-0.2, -0.15) is 0 Å². The van der Waals surface area contributed by atoms with Crippen LogP contribution in [-0.2, 0) is 11.3 Å². The minimum absolute atomic E-state index is 0.0903. The normalized spacial score (nSPS) is 14.3. The molecular weight excluding hydrogens is 376 g/mol. The molecule has 1 saturated heterocycles. The number of fused-ring (bicyclic) bond motifs is 1. The molecule has 1 aliphatic heterocycles. The molecule has 0 N–H and O–H groups in total. The standard InChI is InChI=1S/C19H26N6O4/c1-22(2)19(28)24-11-9-23(10-12-24)17(26)15-18(27)25(8-5-13-29-3)16-14(21-15)6-4-7-20-16/h4,6-7H,5,8-13H2,1-3H3. The topological polar surface area (TPSA) is 101 Å². The molecule has 0 spiro atoms. The number of carbonyl (C=O) groups is 2. The molecule has 0 aromatic carbocycles. The lowest BCUT2D eigenvalue weighted by Crippen LogP contribution is -2.53. The monoisotopic (exact) mass is 402 g/mol. The average molecular weight is 402 g/mol. The SMILES string of the molecule is COCCCn1c(=O)c(C(=O)N2CCN(C(=O)N(C)C)CC2)nc2cccnc21. The molecule has 0 saturated carbocycles. The van der Waals surface area contributed by atoms with E-state index in [0.29, 0.717) is 56.9 Å². The number of hydrogen-bond donors (Lipinski definition) is 0. The Morgan fingerprint density at radius 2 is 1.86 bits per heavy atom. The summed E-state index contributed by atoms with van der Waals surface area (Å²) < 4.78 is 6.56. The Bertz CT molecular complexity index is 949. The van der Waals surface area contributed by atoms with E-state index < -0.39 is 11.5 Å². The minimum atomic E-state index is -0.455. The lowest BCUT2D eigenvalue weighted by atomic mass is 10.2. The zero-order chi connectivity index (χ0) is 21.0. The fourth-order valence-corrected chi connectivity index (χ4v) is 3.32. The third kappa shape index (κ3) is 4.37. The van der Waals surface area contributed by atoms with Gasteiger partial charge in [-0.05, 0) is 18.6 Å². The molecule has 0 aliphatic carbocycles. The predicted molar refractivity (Wildman–Crippen MR) is 107 cm³/mol. The lowest BCUT2D eigenvalue weighted by molar-refractivity contribution is 0.0642. The Balaban J connectivity index is 1.86. The Morgan fingerprint density at radius 3 is 2.52 bits per heavy atom. The zero-order valence-corrected chi connectivity index (χ0v) is 17.0. The number of amides is 3. The maximum atomic E-state index is 13.0. The van der Waals surface area contributed by atoms with Gasteiger partial charge in [0.2, 0.25) is 0 Å². The van der Waals surface area contributed by atoms with Gasteiger partial charge >= 0.3 is 6.03 Å². The number of piperazine rings is 1. The largest absolute Gasteiger partial charge is 0.385 e. The van der Waals surface area contributed by atoms with Crippen molar-refractivity contribution in [2.45, 2.75) is 13.0 Å². The van der Waals surface area contributed by atoms with E-state index in [-0.39, 0.29) is 11.7 Å². The summed E-state index contributed by atoms with van der Waals surface area (Å²) in [5.41, 5.74) is 0.375. The molecule has 0 bridgehead atoms. The first-order chi connectivity index (χ1) is 13.9. The van der Waals surface area contributed by atoms with Crippen LogP contribution < -0.4 is 5.56 Å². The molecule has 1 fully saturated rings. The minimum Gasteiger partial charge on any atom is -0.385 e. The van der Waals surface area contributed by atoms with Gasteiger partial charge in [-0.25, -0.2) is 14.8 Å². The number of rotatable bonds is 5. The van der Waals surface area contributed by atoms with Crippen LogP contribution in [-0.4, -0.2) is 95.2 Å². The Labute approximate surface area is 168 Å². The van der Waals surface area contributed by atoms with Crippen molar-refractivity contribution in [2.24, 2.45) is 0 Å². The van der Waals surface area contributed by atoms with Crippen LogP contribution >= 0.6 is 0 Å². The Morgan fingerprint density at radius 1 is 1.17 bits per heavy atom. The first-order valence-corrected chi connectivity index (χ1v) is 9.54. The number of aromatic nitrogens is 3. The van der Waals surface area contributed by atoms with Gasteiger partial charge in [0.05, 0.1) is 0 Å². The number of carbonyl (C=O) groups excluding carboxylic acids is 2. The second-order valence-corrected chi connectivity index (χ2v) is 7.07. The van der Waals surface area contributed by atoms with E-state index in [1.807, 2.05) is 0 Å². The summed E-state index contributed by atoms with van der Waals surface area (Å²) >= 11 is 0. The highest BCUT2D eigenvalue weighted by molar-refractivity contribution is 5.93. The molecule has 29 heavy (non-hydrogen) atoms. The van der Waals surface area contributed by atoms with Gasteiger partial charge in [-0.3, -0.25) is 14.2 Å². The first-order valence-electron chi connectivity index (χ1n) is 9.54. The maximum Gasteiger partial charge on any atom is 0.319 e. The van der Waals surface area contributed by atoms with Crippen LogP contribution in [0.2, 0.25) is 0 Å². The zero-order valence-electron chi connectivity index (χ0n) is 17.0. The van der Waals surface area contributed by atoms with E-state index >= 15 is 0 Å². The molecule has 156 valence electrons.